The lowest BCUT2D eigenvalue weighted by Gasteiger charge is -2.24. The molecule has 2 aromatic rings. The second kappa shape index (κ2) is 4.67. The topological polar surface area (TPSA) is 33.2 Å². The molecule has 1 saturated carbocycles. The number of piperidine rings is 1. The number of nitrogens with zero attached hydrogens (tertiary/aromatic N) is 2. The molecule has 0 unspecified atom stereocenters. The maximum absolute atomic E-state index is 12.9. The number of fused-ring (bicyclic) bond motifs is 1. The van der Waals surface area contributed by atoms with E-state index in [-0.39, 0.29) is 11.9 Å². The van der Waals surface area contributed by atoms with Crippen LogP contribution in [0.15, 0.2) is 30.3 Å². The summed E-state index contributed by atoms with van der Waals surface area (Å²) < 4.78 is 0. The summed E-state index contributed by atoms with van der Waals surface area (Å²) in [7, 11) is 0. The minimum atomic E-state index is 0.0585. The predicted octanol–water partition coefficient (Wildman–Crippen LogP) is 3.56. The Kier molecular flexibility index (Phi) is 2.89. The molecule has 0 N–H and O–H groups in total. The number of hydrogen-bond acceptors (Lipinski definition) is 3. The van der Waals surface area contributed by atoms with Crippen LogP contribution in [0.2, 0.25) is 0 Å². The van der Waals surface area contributed by atoms with E-state index in [0.29, 0.717) is 17.7 Å². The second-order valence-electron chi connectivity index (χ2n) is 5.94. The molecule has 1 radical (unpaired) electrons. The minimum Gasteiger partial charge on any atom is -0.331 e. The van der Waals surface area contributed by atoms with E-state index in [1.165, 1.54) is 0 Å². The van der Waals surface area contributed by atoms with Crippen LogP contribution in [-0.4, -0.2) is 27.9 Å². The van der Waals surface area contributed by atoms with Gasteiger partial charge in [0.2, 0.25) is 0 Å². The number of likely N-dealkylation sites (tertiary alicyclic amines) is 1. The molecule has 1 aliphatic carbocycles. The number of hydrogen-bond donors (Lipinski definition) is 0. The van der Waals surface area contributed by atoms with Gasteiger partial charge in [-0.2, -0.15) is 0 Å². The van der Waals surface area contributed by atoms with E-state index < -0.39 is 0 Å². The molecule has 1 aliphatic heterocycles. The van der Waals surface area contributed by atoms with Gasteiger partial charge >= 0.3 is 0 Å². The second-order valence-corrected chi connectivity index (χ2v) is 7.14. The number of amides is 1. The first-order valence-electron chi connectivity index (χ1n) is 7.33. The van der Waals surface area contributed by atoms with Crippen molar-refractivity contribution in [2.24, 2.45) is 5.92 Å². The third-order valence-electron chi connectivity index (χ3n) is 4.42. The highest BCUT2D eigenvalue weighted by Crippen LogP contribution is 2.48. The lowest BCUT2D eigenvalue weighted by Crippen LogP contribution is -2.37. The number of rotatable bonds is 2. The van der Waals surface area contributed by atoms with Gasteiger partial charge < -0.3 is 4.90 Å². The van der Waals surface area contributed by atoms with Gasteiger partial charge in [0.05, 0.1) is 9.88 Å². The first-order valence-corrected chi connectivity index (χ1v) is 8.15. The molecule has 4 heteroatoms. The number of carbonyl (C=O) groups is 1. The molecule has 1 saturated heterocycles. The highest BCUT2D eigenvalue weighted by molar-refractivity contribution is 7.15. The van der Waals surface area contributed by atoms with Crippen LogP contribution in [0.5, 0.6) is 0 Å². The Balaban J connectivity index is 1.74. The fourth-order valence-corrected chi connectivity index (χ4v) is 4.27. The summed E-state index contributed by atoms with van der Waals surface area (Å²) in [5.41, 5.74) is 1.67. The Labute approximate surface area is 128 Å². The molecule has 3 atom stereocenters. The van der Waals surface area contributed by atoms with Crippen molar-refractivity contribution in [3.63, 3.8) is 0 Å². The van der Waals surface area contributed by atoms with E-state index in [1.54, 1.807) is 11.3 Å². The van der Waals surface area contributed by atoms with Crippen LogP contribution < -0.4 is 0 Å². The molecule has 2 fully saturated rings. The van der Waals surface area contributed by atoms with Crippen LogP contribution in [-0.2, 0) is 0 Å². The van der Waals surface area contributed by atoms with Gasteiger partial charge in [-0.1, -0.05) is 30.3 Å². The van der Waals surface area contributed by atoms with Gasteiger partial charge in [-0.3, -0.25) is 4.79 Å². The fourth-order valence-electron chi connectivity index (χ4n) is 3.36. The van der Waals surface area contributed by atoms with Crippen LogP contribution in [0.25, 0.3) is 10.4 Å². The standard InChI is InChI=1S/C17H17N2OS/c1-10-8-13-9-14(13)19(10)17(20)15-16(21-11(2)18-15)12-6-4-3-5-7-12/h3-7,10,13-14H,1,8-9H2,2H3/t10-,13+,14-/m0/s1. The Bertz CT molecular complexity index is 692. The molecule has 1 aromatic carbocycles. The Morgan fingerprint density at radius 1 is 1.33 bits per heavy atom. The maximum atomic E-state index is 12.9. The van der Waals surface area contributed by atoms with Crippen LogP contribution in [0.4, 0.5) is 0 Å². The van der Waals surface area contributed by atoms with E-state index in [1.807, 2.05) is 42.2 Å². The summed E-state index contributed by atoms with van der Waals surface area (Å²) in [5, 5.41) is 0.935. The molecule has 2 aliphatic rings. The zero-order valence-electron chi connectivity index (χ0n) is 12.0. The molecule has 21 heavy (non-hydrogen) atoms. The van der Waals surface area contributed by atoms with Crippen LogP contribution in [0, 0.1) is 19.8 Å². The summed E-state index contributed by atoms with van der Waals surface area (Å²) in [6.45, 7) is 6.09. The summed E-state index contributed by atoms with van der Waals surface area (Å²) >= 11 is 1.59. The molecule has 4 rings (SSSR count). The summed E-state index contributed by atoms with van der Waals surface area (Å²) in [5.74, 6) is 0.736. The van der Waals surface area contributed by atoms with Crippen molar-refractivity contribution in [3.05, 3.63) is 48.0 Å². The van der Waals surface area contributed by atoms with Crippen molar-refractivity contribution in [2.75, 3.05) is 0 Å². The van der Waals surface area contributed by atoms with Gasteiger partial charge in [0.1, 0.15) is 5.69 Å². The van der Waals surface area contributed by atoms with Crippen molar-refractivity contribution in [3.8, 4) is 10.4 Å². The van der Waals surface area contributed by atoms with E-state index in [4.69, 9.17) is 0 Å². The summed E-state index contributed by atoms with van der Waals surface area (Å²) in [6, 6.07) is 10.6. The minimum absolute atomic E-state index is 0.0585. The Morgan fingerprint density at radius 3 is 2.76 bits per heavy atom. The van der Waals surface area contributed by atoms with Crippen molar-refractivity contribution in [1.29, 1.82) is 0 Å². The van der Waals surface area contributed by atoms with Crippen LogP contribution in [0.3, 0.4) is 0 Å². The largest absolute Gasteiger partial charge is 0.331 e. The van der Waals surface area contributed by atoms with E-state index in [0.717, 1.165) is 28.3 Å². The zero-order chi connectivity index (χ0) is 14.6. The highest BCUT2D eigenvalue weighted by atomic mass is 32.1. The van der Waals surface area contributed by atoms with Crippen molar-refractivity contribution < 1.29 is 4.79 Å². The molecule has 0 spiro atoms. The lowest BCUT2D eigenvalue weighted by atomic mass is 10.1. The SMILES string of the molecule is [CH2][C@H]1C[C@@H]2C[C@@H]2N1C(=O)c1nc(C)sc1-c1ccccc1. The molecular formula is C17H17N2OS. The third kappa shape index (κ3) is 2.09. The van der Waals surface area contributed by atoms with Crippen molar-refractivity contribution >= 4 is 17.2 Å². The normalized spacial score (nSPS) is 26.8. The number of thiazole rings is 1. The van der Waals surface area contributed by atoms with E-state index >= 15 is 0 Å². The average Bonchev–Trinajstić information content (AvgIpc) is 2.97. The highest BCUT2D eigenvalue weighted by Gasteiger charge is 2.53. The number of carbonyl (C=O) groups excluding carboxylic acids is 1. The Hall–Kier alpha value is -1.68. The van der Waals surface area contributed by atoms with Gasteiger partial charge in [-0.15, -0.1) is 11.3 Å². The molecular weight excluding hydrogens is 280 g/mol. The van der Waals surface area contributed by atoms with Gasteiger partial charge in [0, 0.05) is 12.1 Å². The van der Waals surface area contributed by atoms with Gasteiger partial charge in [-0.05, 0) is 38.2 Å². The molecule has 1 aromatic heterocycles. The predicted molar refractivity (Wildman–Crippen MR) is 84.1 cm³/mol. The van der Waals surface area contributed by atoms with E-state index in [9.17, 15) is 4.79 Å². The number of benzene rings is 1. The van der Waals surface area contributed by atoms with Gasteiger partial charge in [0.25, 0.3) is 5.91 Å². The summed E-state index contributed by atoms with van der Waals surface area (Å²) in [6.07, 6.45) is 2.18. The van der Waals surface area contributed by atoms with Crippen LogP contribution >= 0.6 is 11.3 Å². The monoisotopic (exact) mass is 297 g/mol. The lowest BCUT2D eigenvalue weighted by molar-refractivity contribution is 0.0725. The zero-order valence-corrected chi connectivity index (χ0v) is 12.8. The smallest absolute Gasteiger partial charge is 0.274 e. The van der Waals surface area contributed by atoms with Crippen molar-refractivity contribution in [1.82, 2.24) is 9.88 Å². The van der Waals surface area contributed by atoms with Crippen LogP contribution in [0.1, 0.15) is 28.3 Å². The molecule has 2 heterocycles. The number of aromatic nitrogens is 1. The molecule has 3 nitrogen and oxygen atoms in total. The van der Waals surface area contributed by atoms with Gasteiger partial charge in [-0.25, -0.2) is 4.98 Å². The quantitative estimate of drug-likeness (QED) is 0.849. The molecule has 0 bridgehead atoms. The van der Waals surface area contributed by atoms with E-state index in [2.05, 4.69) is 11.9 Å². The summed E-state index contributed by atoms with van der Waals surface area (Å²) in [4.78, 5) is 20.4. The maximum Gasteiger partial charge on any atom is 0.274 e. The molecule has 1 amide bonds. The van der Waals surface area contributed by atoms with Gasteiger partial charge in [0.15, 0.2) is 0 Å². The van der Waals surface area contributed by atoms with Crippen molar-refractivity contribution in [2.45, 2.75) is 31.8 Å². The first-order chi connectivity index (χ1) is 10.1. The average molecular weight is 297 g/mol. The number of aryl methyl sites for hydroxylation is 1. The first kappa shape index (κ1) is 13.0. The Morgan fingerprint density at radius 2 is 2.10 bits per heavy atom. The fraction of sp³-hybridized carbons (Fsp3) is 0.353. The third-order valence-corrected chi connectivity index (χ3v) is 5.44. The molecule has 107 valence electrons.